The highest BCUT2D eigenvalue weighted by molar-refractivity contribution is 8.26. The van der Waals surface area contributed by atoms with Crippen molar-refractivity contribution in [3.8, 4) is 17.2 Å². The molecule has 0 bridgehead atoms. The number of carbonyl (C=O) groups is 2. The van der Waals surface area contributed by atoms with Crippen LogP contribution in [-0.2, 0) is 17.6 Å². The topological polar surface area (TPSA) is 81.4 Å². The van der Waals surface area contributed by atoms with Crippen molar-refractivity contribution >= 4 is 22.1 Å². The van der Waals surface area contributed by atoms with Gasteiger partial charge in [-0.1, -0.05) is 30.3 Å². The van der Waals surface area contributed by atoms with Crippen LogP contribution in [0.25, 0.3) is 11.5 Å². The Labute approximate surface area is 179 Å². The molecule has 4 rings (SSSR count). The number of hydrogen-bond acceptors (Lipinski definition) is 6. The number of aromatic nitrogens is 1. The van der Waals surface area contributed by atoms with E-state index in [1.165, 1.54) is 0 Å². The molecular formula is C23H22N2O4S. The number of amides is 1. The first-order valence-corrected chi connectivity index (χ1v) is 10.7. The number of thioether (sulfide) groups is 1. The first-order valence-electron chi connectivity index (χ1n) is 9.84. The highest BCUT2D eigenvalue weighted by Gasteiger charge is 2.30. The monoisotopic (exact) mass is 422 g/mol. The van der Waals surface area contributed by atoms with Gasteiger partial charge in [0.2, 0.25) is 11.0 Å². The molecule has 2 heterocycles. The summed E-state index contributed by atoms with van der Waals surface area (Å²) in [6.45, 7) is 2.42. The molecule has 1 aliphatic rings. The van der Waals surface area contributed by atoms with Gasteiger partial charge in [-0.3, -0.25) is 9.59 Å². The summed E-state index contributed by atoms with van der Waals surface area (Å²) < 4.78 is 11.6. The Hall–Kier alpha value is -3.06. The van der Waals surface area contributed by atoms with E-state index in [-0.39, 0.29) is 16.4 Å². The Balaban J connectivity index is 1.26. The van der Waals surface area contributed by atoms with E-state index in [1.54, 1.807) is 0 Å². The maximum Gasteiger partial charge on any atom is 0.287 e. The fraction of sp³-hybridized carbons (Fsp3) is 0.261. The maximum absolute atomic E-state index is 11.6. The number of nitrogens with one attached hydrogen (secondary N) is 1. The largest absolute Gasteiger partial charge is 0.493 e. The summed E-state index contributed by atoms with van der Waals surface area (Å²) >= 11 is 0.754. The van der Waals surface area contributed by atoms with Crippen LogP contribution in [0.3, 0.4) is 0 Å². The second-order valence-electron chi connectivity index (χ2n) is 7.07. The van der Waals surface area contributed by atoms with Gasteiger partial charge in [-0.2, -0.15) is 0 Å². The van der Waals surface area contributed by atoms with Gasteiger partial charge in [-0.05, 0) is 49.6 Å². The molecule has 3 aromatic rings. The Morgan fingerprint density at radius 2 is 1.83 bits per heavy atom. The molecule has 0 spiro atoms. The Kier molecular flexibility index (Phi) is 6.18. The van der Waals surface area contributed by atoms with E-state index in [9.17, 15) is 9.59 Å². The zero-order chi connectivity index (χ0) is 20.9. The van der Waals surface area contributed by atoms with Gasteiger partial charge in [0.1, 0.15) is 11.5 Å². The normalized spacial score (nSPS) is 16.0. The van der Waals surface area contributed by atoms with Crippen molar-refractivity contribution in [1.29, 1.82) is 0 Å². The van der Waals surface area contributed by atoms with Crippen LogP contribution in [-0.4, -0.2) is 28.0 Å². The van der Waals surface area contributed by atoms with Gasteiger partial charge in [0, 0.05) is 23.7 Å². The van der Waals surface area contributed by atoms with Crippen LogP contribution < -0.4 is 10.1 Å². The molecule has 1 unspecified atom stereocenters. The first-order chi connectivity index (χ1) is 14.6. The number of aryl methyl sites for hydroxylation is 2. The van der Waals surface area contributed by atoms with Crippen molar-refractivity contribution in [2.24, 2.45) is 0 Å². The van der Waals surface area contributed by atoms with Gasteiger partial charge in [0.05, 0.1) is 18.3 Å². The van der Waals surface area contributed by atoms with Crippen LogP contribution in [0.4, 0.5) is 4.79 Å². The lowest BCUT2D eigenvalue weighted by atomic mass is 10.1. The minimum absolute atomic E-state index is 0.0986. The van der Waals surface area contributed by atoms with Crippen molar-refractivity contribution in [1.82, 2.24) is 10.3 Å². The molecule has 30 heavy (non-hydrogen) atoms. The van der Waals surface area contributed by atoms with Crippen LogP contribution in [0.15, 0.2) is 59.0 Å². The number of hydrogen-bond donors (Lipinski definition) is 1. The average Bonchev–Trinajstić information content (AvgIpc) is 3.29. The molecule has 0 radical (unpaired) electrons. The first kappa shape index (κ1) is 20.2. The number of nitrogens with zero attached hydrogens (tertiary/aromatic N) is 1. The van der Waals surface area contributed by atoms with Gasteiger partial charge in [-0.15, -0.1) is 0 Å². The lowest BCUT2D eigenvalue weighted by Crippen LogP contribution is -2.29. The standard InChI is InChI=1S/C23H22N2O4S/c1-15-19(24-21(29-15)17-5-3-2-4-6-17)13-14-28-18-10-7-16(8-11-18)9-12-20-22(26)30-23(27)25-20/h2-8,10-11,20H,9,12-14H2,1H3,(H,25,27). The van der Waals surface area contributed by atoms with Crippen LogP contribution in [0.5, 0.6) is 5.75 Å². The van der Waals surface area contributed by atoms with Crippen LogP contribution in [0.2, 0.25) is 0 Å². The highest BCUT2D eigenvalue weighted by atomic mass is 32.2. The molecule has 0 saturated carbocycles. The highest BCUT2D eigenvalue weighted by Crippen LogP contribution is 2.23. The number of benzene rings is 2. The Bertz CT molecular complexity index is 1030. The summed E-state index contributed by atoms with van der Waals surface area (Å²) in [5.41, 5.74) is 2.95. The molecule has 1 N–H and O–H groups in total. The van der Waals surface area contributed by atoms with E-state index in [0.29, 0.717) is 25.3 Å². The van der Waals surface area contributed by atoms with Gasteiger partial charge in [0.15, 0.2) is 0 Å². The summed E-state index contributed by atoms with van der Waals surface area (Å²) in [4.78, 5) is 27.5. The summed E-state index contributed by atoms with van der Waals surface area (Å²) in [7, 11) is 0. The number of carbonyl (C=O) groups excluding carboxylic acids is 2. The molecule has 7 heteroatoms. The average molecular weight is 423 g/mol. The van der Waals surface area contributed by atoms with Gasteiger partial charge in [0.25, 0.3) is 5.24 Å². The van der Waals surface area contributed by atoms with E-state index in [0.717, 1.165) is 46.5 Å². The predicted molar refractivity (Wildman–Crippen MR) is 116 cm³/mol. The van der Waals surface area contributed by atoms with Crippen molar-refractivity contribution in [3.05, 3.63) is 71.6 Å². The third-order valence-corrected chi connectivity index (χ3v) is 5.72. The van der Waals surface area contributed by atoms with Crippen molar-refractivity contribution in [3.63, 3.8) is 0 Å². The second-order valence-corrected chi connectivity index (χ2v) is 8.05. The summed E-state index contributed by atoms with van der Waals surface area (Å²) in [6, 6.07) is 17.3. The van der Waals surface area contributed by atoms with Gasteiger partial charge >= 0.3 is 0 Å². The molecule has 154 valence electrons. The number of rotatable bonds is 8. The third kappa shape index (κ3) is 4.91. The van der Waals surface area contributed by atoms with E-state index < -0.39 is 0 Å². The van der Waals surface area contributed by atoms with Crippen molar-refractivity contribution in [2.75, 3.05) is 6.61 Å². The van der Waals surface area contributed by atoms with Crippen LogP contribution in [0.1, 0.15) is 23.4 Å². The summed E-state index contributed by atoms with van der Waals surface area (Å²) in [5.74, 6) is 2.21. The maximum atomic E-state index is 11.6. The minimum Gasteiger partial charge on any atom is -0.493 e. The second kappa shape index (κ2) is 9.17. The molecule has 6 nitrogen and oxygen atoms in total. The molecule has 2 aromatic carbocycles. The Morgan fingerprint density at radius 3 is 2.53 bits per heavy atom. The van der Waals surface area contributed by atoms with E-state index in [4.69, 9.17) is 9.15 Å². The molecule has 1 aromatic heterocycles. The Morgan fingerprint density at radius 1 is 1.07 bits per heavy atom. The van der Waals surface area contributed by atoms with Crippen molar-refractivity contribution in [2.45, 2.75) is 32.2 Å². The van der Waals surface area contributed by atoms with Crippen LogP contribution >= 0.6 is 11.8 Å². The number of ether oxygens (including phenoxy) is 1. The fourth-order valence-electron chi connectivity index (χ4n) is 3.28. The van der Waals surface area contributed by atoms with Gasteiger partial charge in [-0.25, -0.2) is 4.98 Å². The molecule has 1 aliphatic heterocycles. The third-order valence-electron chi connectivity index (χ3n) is 4.94. The summed E-state index contributed by atoms with van der Waals surface area (Å²) in [6.07, 6.45) is 1.98. The zero-order valence-electron chi connectivity index (χ0n) is 16.6. The number of oxazole rings is 1. The molecule has 1 saturated heterocycles. The van der Waals surface area contributed by atoms with E-state index >= 15 is 0 Å². The van der Waals surface area contributed by atoms with Crippen LogP contribution in [0, 0.1) is 6.92 Å². The molecule has 1 amide bonds. The fourth-order valence-corrected chi connectivity index (χ4v) is 3.98. The molecular weight excluding hydrogens is 400 g/mol. The molecule has 1 fully saturated rings. The zero-order valence-corrected chi connectivity index (χ0v) is 17.4. The molecule has 0 aliphatic carbocycles. The van der Waals surface area contributed by atoms with E-state index in [1.807, 2.05) is 61.5 Å². The lowest BCUT2D eigenvalue weighted by molar-refractivity contribution is -0.112. The van der Waals surface area contributed by atoms with E-state index in [2.05, 4.69) is 10.3 Å². The minimum atomic E-state index is -0.384. The molecule has 1 atom stereocenters. The summed E-state index contributed by atoms with van der Waals surface area (Å²) in [5, 5.41) is 2.33. The van der Waals surface area contributed by atoms with Crippen molar-refractivity contribution < 1.29 is 18.7 Å². The quantitative estimate of drug-likeness (QED) is 0.573. The SMILES string of the molecule is Cc1oc(-c2ccccc2)nc1CCOc1ccc(CCC2NC(=O)SC2=O)cc1. The van der Waals surface area contributed by atoms with Gasteiger partial charge < -0.3 is 14.5 Å². The lowest BCUT2D eigenvalue weighted by Gasteiger charge is -2.09. The smallest absolute Gasteiger partial charge is 0.287 e. The predicted octanol–water partition coefficient (Wildman–Crippen LogP) is 4.56.